The predicted molar refractivity (Wildman–Crippen MR) is 94.7 cm³/mol. The van der Waals surface area contributed by atoms with E-state index in [2.05, 4.69) is 0 Å². The number of hydrogen-bond acceptors (Lipinski definition) is 5. The molecule has 0 aliphatic rings. The van der Waals surface area contributed by atoms with Gasteiger partial charge in [-0.1, -0.05) is 23.2 Å². The molecule has 0 aliphatic carbocycles. The van der Waals surface area contributed by atoms with Gasteiger partial charge in [0.2, 0.25) is 0 Å². The number of halogens is 2. The van der Waals surface area contributed by atoms with Gasteiger partial charge in [-0.25, -0.2) is 4.79 Å². The highest BCUT2D eigenvalue weighted by molar-refractivity contribution is 6.32. The van der Waals surface area contributed by atoms with Crippen molar-refractivity contribution in [2.24, 2.45) is 0 Å². The summed E-state index contributed by atoms with van der Waals surface area (Å²) in [6.45, 7) is 3.60. The average Bonchev–Trinajstić information content (AvgIpc) is 2.57. The van der Waals surface area contributed by atoms with Gasteiger partial charge in [-0.15, -0.1) is 0 Å². The second-order valence-electron chi connectivity index (χ2n) is 5.00. The van der Waals surface area contributed by atoms with Crippen molar-refractivity contribution in [3.8, 4) is 23.3 Å². The van der Waals surface area contributed by atoms with E-state index in [0.29, 0.717) is 22.9 Å². The summed E-state index contributed by atoms with van der Waals surface area (Å²) >= 11 is 12.0. The third-order valence-corrected chi connectivity index (χ3v) is 3.65. The summed E-state index contributed by atoms with van der Waals surface area (Å²) in [5.41, 5.74) is 1.10. The lowest BCUT2D eigenvalue weighted by Crippen LogP contribution is -2.18. The van der Waals surface area contributed by atoms with Gasteiger partial charge in [0.15, 0.2) is 18.1 Å². The lowest BCUT2D eigenvalue weighted by atomic mass is 10.2. The molecular weight excluding hydrogens is 365 g/mol. The van der Waals surface area contributed by atoms with Gasteiger partial charge in [-0.05, 0) is 43.7 Å². The molecule has 5 nitrogen and oxygen atoms in total. The van der Waals surface area contributed by atoms with Crippen LogP contribution in [0.1, 0.15) is 18.1 Å². The molecule has 0 unspecified atom stereocenters. The summed E-state index contributed by atoms with van der Waals surface area (Å²) in [5, 5.41) is 9.67. The number of esters is 1. The largest absolute Gasteiger partial charge is 0.490 e. The highest BCUT2D eigenvalue weighted by Gasteiger charge is 2.17. The molecule has 0 saturated heterocycles. The van der Waals surface area contributed by atoms with Gasteiger partial charge in [-0.2, -0.15) is 5.26 Å². The fourth-order valence-corrected chi connectivity index (χ4v) is 2.53. The zero-order valence-electron chi connectivity index (χ0n) is 13.6. The third kappa shape index (κ3) is 5.02. The molecule has 0 spiro atoms. The van der Waals surface area contributed by atoms with Crippen LogP contribution >= 0.6 is 23.2 Å². The van der Waals surface area contributed by atoms with Gasteiger partial charge in [0.25, 0.3) is 0 Å². The molecule has 0 atom stereocenters. The molecule has 130 valence electrons. The van der Waals surface area contributed by atoms with E-state index in [9.17, 15) is 4.79 Å². The normalized spacial score (nSPS) is 10.0. The first-order valence-electron chi connectivity index (χ1n) is 7.40. The Balaban J connectivity index is 2.11. The fraction of sp³-hybridized carbons (Fsp3) is 0.222. The maximum atomic E-state index is 12.1. The summed E-state index contributed by atoms with van der Waals surface area (Å²) in [6.07, 6.45) is 0. The summed E-state index contributed by atoms with van der Waals surface area (Å²) in [7, 11) is 0. The molecule has 0 bridgehead atoms. The quantitative estimate of drug-likeness (QED) is 0.543. The second kappa shape index (κ2) is 8.61. The Bertz CT molecular complexity index is 831. The smallest absolute Gasteiger partial charge is 0.349 e. The number of carbonyl (C=O) groups is 1. The topological polar surface area (TPSA) is 68.5 Å². The van der Waals surface area contributed by atoms with Crippen molar-refractivity contribution < 1.29 is 19.0 Å². The van der Waals surface area contributed by atoms with Crippen LogP contribution in [0.15, 0.2) is 30.3 Å². The van der Waals surface area contributed by atoms with Crippen LogP contribution in [0, 0.1) is 18.3 Å². The van der Waals surface area contributed by atoms with Crippen LogP contribution in [0.5, 0.6) is 17.2 Å². The minimum absolute atomic E-state index is 0.0592. The number of ether oxygens (including phenoxy) is 3. The van der Waals surface area contributed by atoms with E-state index in [1.165, 1.54) is 12.1 Å². The summed E-state index contributed by atoms with van der Waals surface area (Å²) in [5.74, 6) is 0.158. The van der Waals surface area contributed by atoms with E-state index in [1.807, 2.05) is 13.0 Å². The van der Waals surface area contributed by atoms with Crippen LogP contribution < -0.4 is 14.2 Å². The molecule has 0 N–H and O–H groups in total. The standard InChI is InChI=1S/C18H15Cl2NO4/c1-3-23-16-8-12(9-21)7-14(20)18(16)25-17(22)10-24-15-5-4-13(19)6-11(15)2/h4-8H,3,10H2,1-2H3. The van der Waals surface area contributed by atoms with Gasteiger partial charge in [0.05, 0.1) is 23.3 Å². The molecule has 25 heavy (non-hydrogen) atoms. The van der Waals surface area contributed by atoms with Crippen molar-refractivity contribution in [2.75, 3.05) is 13.2 Å². The molecule has 0 saturated carbocycles. The van der Waals surface area contributed by atoms with E-state index in [0.717, 1.165) is 5.56 Å². The summed E-state index contributed by atoms with van der Waals surface area (Å²) in [6, 6.07) is 9.89. The van der Waals surface area contributed by atoms with Crippen LogP contribution in [0.3, 0.4) is 0 Å². The second-order valence-corrected chi connectivity index (χ2v) is 5.85. The van der Waals surface area contributed by atoms with Crippen molar-refractivity contribution in [3.05, 3.63) is 51.5 Å². The van der Waals surface area contributed by atoms with Crippen molar-refractivity contribution in [3.63, 3.8) is 0 Å². The van der Waals surface area contributed by atoms with Crippen molar-refractivity contribution in [2.45, 2.75) is 13.8 Å². The first kappa shape index (κ1) is 18.9. The van der Waals surface area contributed by atoms with Crippen LogP contribution in [0.2, 0.25) is 10.0 Å². The first-order valence-corrected chi connectivity index (χ1v) is 8.16. The number of carbonyl (C=O) groups excluding carboxylic acids is 1. The Labute approximate surface area is 155 Å². The maximum absolute atomic E-state index is 12.1. The Morgan fingerprint density at radius 2 is 1.92 bits per heavy atom. The minimum atomic E-state index is -0.651. The van der Waals surface area contributed by atoms with E-state index in [4.69, 9.17) is 42.7 Å². The van der Waals surface area contributed by atoms with Crippen LogP contribution in [-0.4, -0.2) is 19.2 Å². The van der Waals surface area contributed by atoms with E-state index >= 15 is 0 Å². The van der Waals surface area contributed by atoms with Gasteiger partial charge >= 0.3 is 5.97 Å². The number of rotatable bonds is 6. The molecular formula is C18H15Cl2NO4. The first-order chi connectivity index (χ1) is 11.9. The number of benzene rings is 2. The number of hydrogen-bond donors (Lipinski definition) is 0. The molecule has 0 fully saturated rings. The Morgan fingerprint density at radius 3 is 2.56 bits per heavy atom. The summed E-state index contributed by atoms with van der Waals surface area (Å²) < 4.78 is 16.1. The van der Waals surface area contributed by atoms with Gasteiger partial charge in [0, 0.05) is 11.1 Å². The maximum Gasteiger partial charge on any atom is 0.349 e. The SMILES string of the molecule is CCOc1cc(C#N)cc(Cl)c1OC(=O)COc1ccc(Cl)cc1C. The van der Waals surface area contributed by atoms with Gasteiger partial charge in [0.1, 0.15) is 5.75 Å². The molecule has 2 aromatic rings. The molecule has 0 aliphatic heterocycles. The van der Waals surface area contributed by atoms with Crippen LogP contribution in [0.25, 0.3) is 0 Å². The fourth-order valence-electron chi connectivity index (χ4n) is 2.05. The molecule has 0 radical (unpaired) electrons. The highest BCUT2D eigenvalue weighted by atomic mass is 35.5. The molecule has 0 aromatic heterocycles. The average molecular weight is 380 g/mol. The van der Waals surface area contributed by atoms with E-state index in [1.54, 1.807) is 25.1 Å². The van der Waals surface area contributed by atoms with Crippen molar-refractivity contribution in [1.82, 2.24) is 0 Å². The zero-order chi connectivity index (χ0) is 18.4. The van der Waals surface area contributed by atoms with Gasteiger partial charge < -0.3 is 14.2 Å². The molecule has 2 aromatic carbocycles. The highest BCUT2D eigenvalue weighted by Crippen LogP contribution is 2.36. The molecule has 0 heterocycles. The van der Waals surface area contributed by atoms with Crippen molar-refractivity contribution in [1.29, 1.82) is 5.26 Å². The zero-order valence-corrected chi connectivity index (χ0v) is 15.1. The summed E-state index contributed by atoms with van der Waals surface area (Å²) in [4.78, 5) is 12.1. The van der Waals surface area contributed by atoms with E-state index in [-0.39, 0.29) is 23.1 Å². The lowest BCUT2D eigenvalue weighted by Gasteiger charge is -2.13. The Morgan fingerprint density at radius 1 is 1.16 bits per heavy atom. The molecule has 0 amide bonds. The number of nitrogens with zero attached hydrogens (tertiary/aromatic N) is 1. The predicted octanol–water partition coefficient (Wildman–Crippen LogP) is 4.56. The lowest BCUT2D eigenvalue weighted by molar-refractivity contribution is -0.136. The molecule has 7 heteroatoms. The Hall–Kier alpha value is -2.42. The minimum Gasteiger partial charge on any atom is -0.490 e. The number of nitriles is 1. The Kier molecular flexibility index (Phi) is 6.51. The number of aryl methyl sites for hydroxylation is 1. The van der Waals surface area contributed by atoms with Crippen LogP contribution in [0.4, 0.5) is 0 Å². The third-order valence-electron chi connectivity index (χ3n) is 3.14. The van der Waals surface area contributed by atoms with Crippen molar-refractivity contribution >= 4 is 29.2 Å². The monoisotopic (exact) mass is 379 g/mol. The molecule has 2 rings (SSSR count). The van der Waals surface area contributed by atoms with E-state index < -0.39 is 5.97 Å². The van der Waals surface area contributed by atoms with Gasteiger partial charge in [-0.3, -0.25) is 0 Å². The van der Waals surface area contributed by atoms with Crippen LogP contribution in [-0.2, 0) is 4.79 Å².